The maximum Gasteiger partial charge on any atom is 0.333 e. The van der Waals surface area contributed by atoms with E-state index in [1.807, 2.05) is 6.92 Å². The first-order valence-corrected chi connectivity index (χ1v) is 13.8. The number of esters is 1. The molecule has 2 saturated carbocycles. The lowest BCUT2D eigenvalue weighted by molar-refractivity contribution is -0.139. The van der Waals surface area contributed by atoms with Gasteiger partial charge in [-0.15, -0.1) is 0 Å². The molecule has 0 N–H and O–H groups in total. The number of fused-ring (bicyclic) bond motifs is 4. The summed E-state index contributed by atoms with van der Waals surface area (Å²) in [6.07, 6.45) is 13.4. The van der Waals surface area contributed by atoms with Gasteiger partial charge in [0.15, 0.2) is 0 Å². The summed E-state index contributed by atoms with van der Waals surface area (Å²) in [5.41, 5.74) is 4.93. The summed E-state index contributed by atoms with van der Waals surface area (Å²) in [7, 11) is 1.45. The smallest absolute Gasteiger partial charge is 0.333 e. The second-order valence-corrected chi connectivity index (χ2v) is 13.4. The van der Waals surface area contributed by atoms with Crippen LogP contribution in [0.2, 0.25) is 0 Å². The lowest BCUT2D eigenvalue weighted by atomic mass is 9.43. The normalized spacial score (nSPS) is 40.4. The van der Waals surface area contributed by atoms with Crippen molar-refractivity contribution in [2.24, 2.45) is 39.4 Å². The van der Waals surface area contributed by atoms with Gasteiger partial charge < -0.3 is 4.74 Å². The van der Waals surface area contributed by atoms with Gasteiger partial charge >= 0.3 is 5.97 Å². The second kappa shape index (κ2) is 8.63. The zero-order chi connectivity index (χ0) is 25.1. The maximum atomic E-state index is 12.8. The Labute approximate surface area is 208 Å². The molecule has 4 aliphatic rings. The standard InChI is InChI=1S/C31H48O3/c1-20(10-9-11-21(2)27(33)34-8)22-14-18-31(7)24-12-13-25-28(3,4)26(32)16-17-29(25,5)23(24)15-19-30(22,31)6/h11,20,22,25H,9-10,12-19H2,1-8H3/b21-11-/t20?,22-,25?,29+,30-,31+/m0/s1. The van der Waals surface area contributed by atoms with Gasteiger partial charge in [-0.3, -0.25) is 4.79 Å². The van der Waals surface area contributed by atoms with Crippen molar-refractivity contribution < 1.29 is 14.3 Å². The van der Waals surface area contributed by atoms with Gasteiger partial charge in [-0.05, 0) is 98.7 Å². The van der Waals surface area contributed by atoms with Crippen LogP contribution in [0.25, 0.3) is 0 Å². The van der Waals surface area contributed by atoms with E-state index in [1.54, 1.807) is 11.1 Å². The molecule has 0 aliphatic heterocycles. The molecule has 4 aliphatic carbocycles. The summed E-state index contributed by atoms with van der Waals surface area (Å²) >= 11 is 0. The highest BCUT2D eigenvalue weighted by Gasteiger charge is 2.63. The Morgan fingerprint density at radius 3 is 2.41 bits per heavy atom. The van der Waals surface area contributed by atoms with E-state index in [9.17, 15) is 9.59 Å². The number of hydrogen-bond acceptors (Lipinski definition) is 3. The molecule has 0 amide bonds. The zero-order valence-electron chi connectivity index (χ0n) is 23.1. The highest BCUT2D eigenvalue weighted by atomic mass is 16.5. The van der Waals surface area contributed by atoms with Crippen LogP contribution in [0.3, 0.4) is 0 Å². The number of hydrogen-bond donors (Lipinski definition) is 0. The summed E-state index contributed by atoms with van der Waals surface area (Å²) < 4.78 is 4.85. The summed E-state index contributed by atoms with van der Waals surface area (Å²) in [6, 6.07) is 0. The molecule has 0 radical (unpaired) electrons. The molecular formula is C31H48O3. The summed E-state index contributed by atoms with van der Waals surface area (Å²) in [6.45, 7) is 16.5. The third kappa shape index (κ3) is 3.58. The van der Waals surface area contributed by atoms with Crippen LogP contribution in [0.15, 0.2) is 22.8 Å². The van der Waals surface area contributed by atoms with Crippen molar-refractivity contribution in [1.29, 1.82) is 0 Å². The first kappa shape index (κ1) is 25.7. The number of Topliss-reactive ketones (excluding diaryl/α,β-unsaturated/α-hetero) is 1. The third-order valence-electron chi connectivity index (χ3n) is 11.8. The van der Waals surface area contributed by atoms with E-state index in [2.05, 4.69) is 47.6 Å². The van der Waals surface area contributed by atoms with Gasteiger partial charge in [0, 0.05) is 17.4 Å². The minimum absolute atomic E-state index is 0.185. The van der Waals surface area contributed by atoms with Crippen molar-refractivity contribution in [3.63, 3.8) is 0 Å². The molecule has 2 fully saturated rings. The van der Waals surface area contributed by atoms with E-state index in [-0.39, 0.29) is 22.2 Å². The fourth-order valence-electron chi connectivity index (χ4n) is 9.45. The summed E-state index contributed by atoms with van der Waals surface area (Å²) in [5.74, 6) is 2.14. The van der Waals surface area contributed by atoms with Crippen molar-refractivity contribution in [1.82, 2.24) is 0 Å². The Bertz CT molecular complexity index is 923. The molecule has 190 valence electrons. The Morgan fingerprint density at radius 2 is 1.74 bits per heavy atom. The molecule has 3 heteroatoms. The second-order valence-electron chi connectivity index (χ2n) is 13.4. The molecule has 4 rings (SSSR count). The fourth-order valence-corrected chi connectivity index (χ4v) is 9.45. The molecule has 0 saturated heterocycles. The van der Waals surface area contributed by atoms with E-state index in [0.717, 1.165) is 37.2 Å². The van der Waals surface area contributed by atoms with Crippen LogP contribution in [-0.4, -0.2) is 18.9 Å². The van der Waals surface area contributed by atoms with Gasteiger partial charge in [-0.2, -0.15) is 0 Å². The Hall–Kier alpha value is -1.38. The number of ether oxygens (including phenoxy) is 1. The predicted octanol–water partition coefficient (Wildman–Crippen LogP) is 7.84. The minimum atomic E-state index is -0.212. The highest BCUT2D eigenvalue weighted by molar-refractivity contribution is 5.87. The SMILES string of the molecule is COC(=O)/C(C)=C\CCC(C)[C@@H]1CC[C@]2(C)C3=C(CC[C@@]12C)[C@@]1(C)CCC(=O)C(C)(C)C1CC3. The van der Waals surface area contributed by atoms with Crippen molar-refractivity contribution in [3.8, 4) is 0 Å². The molecule has 6 atom stereocenters. The summed E-state index contributed by atoms with van der Waals surface area (Å²) in [5, 5.41) is 0. The van der Waals surface area contributed by atoms with Crippen molar-refractivity contribution in [2.45, 2.75) is 113 Å². The Balaban J connectivity index is 1.58. The van der Waals surface area contributed by atoms with Gasteiger partial charge in [0.1, 0.15) is 5.78 Å². The predicted molar refractivity (Wildman–Crippen MR) is 138 cm³/mol. The molecular weight excluding hydrogens is 420 g/mol. The van der Waals surface area contributed by atoms with Crippen LogP contribution in [0.5, 0.6) is 0 Å². The van der Waals surface area contributed by atoms with Crippen molar-refractivity contribution in [2.75, 3.05) is 7.11 Å². The molecule has 0 aromatic rings. The quantitative estimate of drug-likeness (QED) is 0.234. The monoisotopic (exact) mass is 468 g/mol. The number of carbonyl (C=O) groups is 2. The van der Waals surface area contributed by atoms with E-state index in [1.165, 1.54) is 45.6 Å². The lowest BCUT2D eigenvalue weighted by Crippen LogP contribution is -2.53. The highest BCUT2D eigenvalue weighted by Crippen LogP contribution is 2.72. The molecule has 0 bridgehead atoms. The molecule has 0 aromatic carbocycles. The largest absolute Gasteiger partial charge is 0.466 e. The first-order valence-electron chi connectivity index (χ1n) is 13.8. The molecule has 3 nitrogen and oxygen atoms in total. The van der Waals surface area contributed by atoms with Gasteiger partial charge in [0.05, 0.1) is 7.11 Å². The Morgan fingerprint density at radius 1 is 1.03 bits per heavy atom. The van der Waals surface area contributed by atoms with Crippen LogP contribution < -0.4 is 0 Å². The third-order valence-corrected chi connectivity index (χ3v) is 11.8. The van der Waals surface area contributed by atoms with Crippen LogP contribution in [-0.2, 0) is 14.3 Å². The topological polar surface area (TPSA) is 43.4 Å². The van der Waals surface area contributed by atoms with Gasteiger partial charge in [0.2, 0.25) is 0 Å². The number of rotatable bonds is 5. The van der Waals surface area contributed by atoms with Crippen LogP contribution >= 0.6 is 0 Å². The van der Waals surface area contributed by atoms with Crippen molar-refractivity contribution >= 4 is 11.8 Å². The molecule has 34 heavy (non-hydrogen) atoms. The molecule has 0 heterocycles. The maximum absolute atomic E-state index is 12.8. The molecule has 2 unspecified atom stereocenters. The van der Waals surface area contributed by atoms with E-state index < -0.39 is 0 Å². The minimum Gasteiger partial charge on any atom is -0.466 e. The number of allylic oxidation sites excluding steroid dienone is 3. The van der Waals surface area contributed by atoms with E-state index in [4.69, 9.17) is 4.74 Å². The Kier molecular flexibility index (Phi) is 6.52. The number of carbonyl (C=O) groups excluding carboxylic acids is 2. The van der Waals surface area contributed by atoms with Crippen LogP contribution in [0.4, 0.5) is 0 Å². The molecule has 0 spiro atoms. The van der Waals surface area contributed by atoms with Crippen LogP contribution in [0.1, 0.15) is 113 Å². The number of methoxy groups -OCH3 is 1. The zero-order valence-corrected chi connectivity index (χ0v) is 23.1. The van der Waals surface area contributed by atoms with Gasteiger partial charge in [-0.25, -0.2) is 4.79 Å². The van der Waals surface area contributed by atoms with Crippen LogP contribution in [0, 0.1) is 39.4 Å². The molecule has 0 aromatic heterocycles. The lowest BCUT2D eigenvalue weighted by Gasteiger charge is -2.61. The van der Waals surface area contributed by atoms with Crippen molar-refractivity contribution in [3.05, 3.63) is 22.8 Å². The summed E-state index contributed by atoms with van der Waals surface area (Å²) in [4.78, 5) is 24.6. The number of ketones is 1. The van der Waals surface area contributed by atoms with E-state index in [0.29, 0.717) is 23.0 Å². The average Bonchev–Trinajstić information content (AvgIpc) is 3.07. The fraction of sp³-hybridized carbons (Fsp3) is 0.806. The van der Waals surface area contributed by atoms with Gasteiger partial charge in [0.25, 0.3) is 0 Å². The first-order chi connectivity index (χ1) is 15.8. The average molecular weight is 469 g/mol. The van der Waals surface area contributed by atoms with Gasteiger partial charge in [-0.1, -0.05) is 58.8 Å². The van der Waals surface area contributed by atoms with E-state index >= 15 is 0 Å².